The predicted molar refractivity (Wildman–Crippen MR) is 134 cm³/mol. The molecule has 1 fully saturated rings. The van der Waals surface area contributed by atoms with Crippen molar-refractivity contribution in [3.63, 3.8) is 0 Å². The summed E-state index contributed by atoms with van der Waals surface area (Å²) in [4.78, 5) is 25.6. The minimum atomic E-state index is -0.610. The third-order valence-electron chi connectivity index (χ3n) is 6.43. The molecule has 1 aliphatic carbocycles. The Morgan fingerprint density at radius 1 is 1.30 bits per heavy atom. The Kier molecular flexibility index (Phi) is 8.77. The van der Waals surface area contributed by atoms with Crippen LogP contribution in [-0.4, -0.2) is 100 Å². The highest BCUT2D eigenvalue weighted by Gasteiger charge is 2.26. The van der Waals surface area contributed by atoms with Crippen LogP contribution < -0.4 is 10.6 Å². The van der Waals surface area contributed by atoms with E-state index < -0.39 is 6.10 Å². The smallest absolute Gasteiger partial charge is 0.270 e. The number of aromatic nitrogens is 2. The van der Waals surface area contributed by atoms with Crippen LogP contribution in [0.3, 0.4) is 0 Å². The van der Waals surface area contributed by atoms with Crippen molar-refractivity contribution in [3.8, 4) is 0 Å². The van der Waals surface area contributed by atoms with E-state index in [-0.39, 0.29) is 12.5 Å². The number of thioether (sulfide) groups is 1. The highest BCUT2D eigenvalue weighted by molar-refractivity contribution is 7.99. The monoisotopic (exact) mass is 472 g/mol. The zero-order valence-electron chi connectivity index (χ0n) is 19.5. The second kappa shape index (κ2) is 12.0. The number of β-amino-alcohol motifs (C(OH)–C–C–N with tert-alkyl or cyclic N) is 1. The number of carbonyl (C=O) groups excluding carboxylic acids is 1. The fraction of sp³-hybridized carbons (Fsp3) is 0.625. The van der Waals surface area contributed by atoms with Crippen molar-refractivity contribution >= 4 is 23.5 Å². The zero-order chi connectivity index (χ0) is 23.0. The molecule has 180 valence electrons. The summed E-state index contributed by atoms with van der Waals surface area (Å²) in [7, 11) is 0. The molecule has 0 saturated carbocycles. The van der Waals surface area contributed by atoms with Crippen molar-refractivity contribution in [2.45, 2.75) is 38.3 Å². The van der Waals surface area contributed by atoms with Crippen LogP contribution in [0.25, 0.3) is 0 Å². The first kappa shape index (κ1) is 24.2. The van der Waals surface area contributed by atoms with Crippen molar-refractivity contribution in [1.29, 1.82) is 0 Å². The molecule has 0 unspecified atom stereocenters. The van der Waals surface area contributed by atoms with Gasteiger partial charge in [0.05, 0.1) is 12.1 Å². The molecule has 4 rings (SSSR count). The van der Waals surface area contributed by atoms with E-state index in [4.69, 9.17) is 0 Å². The number of nitrogens with zero attached hydrogens (tertiary/aromatic N) is 4. The molecular formula is C24H36N6O2S. The number of aliphatic hydroxyl groups excluding tert-OH is 1. The third-order valence-corrected chi connectivity index (χ3v) is 7.31. The summed E-state index contributed by atoms with van der Waals surface area (Å²) in [6, 6.07) is 2.04. The average Bonchev–Trinajstić information content (AvgIpc) is 2.81. The Labute approximate surface area is 200 Å². The van der Waals surface area contributed by atoms with Gasteiger partial charge >= 0.3 is 0 Å². The van der Waals surface area contributed by atoms with Crippen LogP contribution in [0.4, 0.5) is 5.82 Å². The molecule has 3 aliphatic rings. The van der Waals surface area contributed by atoms with E-state index >= 15 is 0 Å². The predicted octanol–water partition coefficient (Wildman–Crippen LogP) is 1.77. The quantitative estimate of drug-likeness (QED) is 0.420. The molecule has 1 aromatic heterocycles. The largest absolute Gasteiger partial charge is 0.390 e. The summed E-state index contributed by atoms with van der Waals surface area (Å²) in [6.07, 6.45) is 8.58. The molecule has 2 aliphatic heterocycles. The van der Waals surface area contributed by atoms with Crippen molar-refractivity contribution in [2.24, 2.45) is 0 Å². The molecule has 3 N–H and O–H groups in total. The summed E-state index contributed by atoms with van der Waals surface area (Å²) >= 11 is 1.96. The molecule has 0 radical (unpaired) electrons. The van der Waals surface area contributed by atoms with E-state index in [9.17, 15) is 9.90 Å². The van der Waals surface area contributed by atoms with Gasteiger partial charge in [0.15, 0.2) is 0 Å². The van der Waals surface area contributed by atoms with Crippen LogP contribution in [0.5, 0.6) is 0 Å². The van der Waals surface area contributed by atoms with Crippen LogP contribution in [0.15, 0.2) is 35.7 Å². The lowest BCUT2D eigenvalue weighted by atomic mass is 9.92. The van der Waals surface area contributed by atoms with Crippen molar-refractivity contribution in [2.75, 3.05) is 62.6 Å². The molecule has 33 heavy (non-hydrogen) atoms. The van der Waals surface area contributed by atoms with E-state index in [0.29, 0.717) is 24.1 Å². The molecule has 8 nitrogen and oxygen atoms in total. The van der Waals surface area contributed by atoms with Gasteiger partial charge in [-0.05, 0) is 30.6 Å². The summed E-state index contributed by atoms with van der Waals surface area (Å²) < 4.78 is 0. The highest BCUT2D eigenvalue weighted by Crippen LogP contribution is 2.26. The van der Waals surface area contributed by atoms with Gasteiger partial charge in [-0.15, -0.1) is 0 Å². The molecular weight excluding hydrogens is 436 g/mol. The second-order valence-electron chi connectivity index (χ2n) is 9.01. The van der Waals surface area contributed by atoms with E-state index in [1.807, 2.05) is 11.8 Å². The maximum Gasteiger partial charge on any atom is 0.270 e. The molecule has 0 bridgehead atoms. The van der Waals surface area contributed by atoms with Crippen LogP contribution in [-0.2, 0) is 0 Å². The standard InChI is InChI=1S/C24H36N6O2S/c1-2-33-10-9-30-14-20(15-30)28-23-11-22(26-17-27-23)24(32)25-12-21(31)16-29-8-7-18-5-3-4-6-19(18)13-29/h3,5,11,17,20-21,31H,2,4,6-10,12-16H2,1H3,(H,25,32)(H,26,27,28)/t21-/m0/s1. The lowest BCUT2D eigenvalue weighted by Crippen LogP contribution is -2.55. The number of anilines is 1. The summed E-state index contributed by atoms with van der Waals surface area (Å²) in [5.41, 5.74) is 3.28. The molecule has 0 aromatic carbocycles. The number of hydrogen-bond acceptors (Lipinski definition) is 8. The normalized spacial score (nSPS) is 20.3. The van der Waals surface area contributed by atoms with Gasteiger partial charge in [0.2, 0.25) is 0 Å². The lowest BCUT2D eigenvalue weighted by Gasteiger charge is -2.39. The molecule has 1 amide bonds. The van der Waals surface area contributed by atoms with Gasteiger partial charge in [-0.1, -0.05) is 24.6 Å². The van der Waals surface area contributed by atoms with Crippen molar-refractivity contribution in [3.05, 3.63) is 41.4 Å². The molecule has 1 aromatic rings. The highest BCUT2D eigenvalue weighted by atomic mass is 32.2. The Morgan fingerprint density at radius 3 is 3.03 bits per heavy atom. The van der Waals surface area contributed by atoms with E-state index in [1.54, 1.807) is 6.07 Å². The summed E-state index contributed by atoms with van der Waals surface area (Å²) in [5.74, 6) is 2.71. The SMILES string of the molecule is CCSCCN1CC(Nc2cc(C(=O)NC[C@H](O)CN3CCC4=C(CCC=C4)C3)ncn2)C1. The van der Waals surface area contributed by atoms with Crippen LogP contribution in [0.1, 0.15) is 36.7 Å². The lowest BCUT2D eigenvalue weighted by molar-refractivity contribution is 0.0859. The Balaban J connectivity index is 1.18. The number of nitrogens with one attached hydrogen (secondary N) is 2. The number of hydrogen-bond donors (Lipinski definition) is 3. The van der Waals surface area contributed by atoms with Gasteiger partial charge in [0.25, 0.3) is 5.91 Å². The topological polar surface area (TPSA) is 93.6 Å². The first-order valence-electron chi connectivity index (χ1n) is 12.1. The number of amides is 1. The molecule has 1 saturated heterocycles. The van der Waals surface area contributed by atoms with E-state index in [0.717, 1.165) is 57.7 Å². The Morgan fingerprint density at radius 2 is 2.18 bits per heavy atom. The summed E-state index contributed by atoms with van der Waals surface area (Å²) in [6.45, 7) is 7.93. The first-order valence-corrected chi connectivity index (χ1v) is 13.2. The third kappa shape index (κ3) is 7.02. The first-order chi connectivity index (χ1) is 16.1. The van der Waals surface area contributed by atoms with Crippen molar-refractivity contribution in [1.82, 2.24) is 25.1 Å². The number of carbonyl (C=O) groups is 1. The van der Waals surface area contributed by atoms with E-state index in [2.05, 4.69) is 49.5 Å². The van der Waals surface area contributed by atoms with Crippen LogP contribution >= 0.6 is 11.8 Å². The summed E-state index contributed by atoms with van der Waals surface area (Å²) in [5, 5.41) is 16.7. The van der Waals surface area contributed by atoms with Crippen LogP contribution in [0, 0.1) is 0 Å². The number of aliphatic hydroxyl groups is 1. The van der Waals surface area contributed by atoms with Gasteiger partial charge < -0.3 is 15.7 Å². The number of rotatable bonds is 11. The Bertz CT molecular complexity index is 870. The number of allylic oxidation sites excluding steroid dienone is 2. The minimum absolute atomic E-state index is 0.210. The molecule has 3 heterocycles. The van der Waals surface area contributed by atoms with Gasteiger partial charge in [-0.3, -0.25) is 14.6 Å². The van der Waals surface area contributed by atoms with Gasteiger partial charge in [-0.2, -0.15) is 11.8 Å². The maximum atomic E-state index is 12.6. The minimum Gasteiger partial charge on any atom is -0.390 e. The van der Waals surface area contributed by atoms with Crippen LogP contribution in [0.2, 0.25) is 0 Å². The Hall–Kier alpha value is -1.94. The van der Waals surface area contributed by atoms with Gasteiger partial charge in [0.1, 0.15) is 17.8 Å². The number of likely N-dealkylation sites (tertiary alicyclic amines) is 1. The molecule has 1 atom stereocenters. The van der Waals surface area contributed by atoms with Gasteiger partial charge in [-0.25, -0.2) is 9.97 Å². The molecule has 9 heteroatoms. The average molecular weight is 473 g/mol. The van der Waals surface area contributed by atoms with Crippen molar-refractivity contribution < 1.29 is 9.90 Å². The van der Waals surface area contributed by atoms with E-state index in [1.165, 1.54) is 23.2 Å². The molecule has 0 spiro atoms. The second-order valence-corrected chi connectivity index (χ2v) is 10.4. The van der Waals surface area contributed by atoms with Gasteiger partial charge in [0, 0.05) is 57.6 Å². The maximum absolute atomic E-state index is 12.6. The zero-order valence-corrected chi connectivity index (χ0v) is 20.3. The fourth-order valence-electron chi connectivity index (χ4n) is 4.60. The fourth-order valence-corrected chi connectivity index (χ4v) is 5.28.